The number of ether oxygens (including phenoxy) is 4. The number of halogens is 1. The van der Waals surface area contributed by atoms with Crippen molar-refractivity contribution in [1.82, 2.24) is 0 Å². The Kier molecular flexibility index (Phi) is 13.0. The van der Waals surface area contributed by atoms with Crippen LogP contribution in [0.4, 0.5) is 0 Å². The van der Waals surface area contributed by atoms with Crippen LogP contribution in [0.3, 0.4) is 0 Å². The van der Waals surface area contributed by atoms with Crippen molar-refractivity contribution in [3.8, 4) is 23.0 Å². The van der Waals surface area contributed by atoms with Gasteiger partial charge in [-0.2, -0.15) is 0 Å². The maximum Gasteiger partial charge on any atom is 0.126 e. The molecule has 42 heavy (non-hydrogen) atoms. The highest BCUT2D eigenvalue weighted by Crippen LogP contribution is 2.53. The van der Waals surface area contributed by atoms with Crippen LogP contribution in [0.15, 0.2) is 97.1 Å². The number of para-hydroxylation sites is 4. The summed E-state index contributed by atoms with van der Waals surface area (Å²) in [6.07, 6.45) is 4.13. The molecule has 4 nitrogen and oxygen atoms in total. The number of rotatable bonds is 14. The summed E-state index contributed by atoms with van der Waals surface area (Å²) in [6.45, 7) is 4.69. The van der Waals surface area contributed by atoms with E-state index < -0.39 is 15.8 Å². The topological polar surface area (TPSA) is 36.9 Å². The van der Waals surface area contributed by atoms with E-state index >= 15 is 0 Å². The van der Waals surface area contributed by atoms with E-state index in [0.29, 0.717) is 0 Å². The van der Waals surface area contributed by atoms with Gasteiger partial charge in [-0.25, -0.2) is 0 Å². The molecule has 0 atom stereocenters. The van der Waals surface area contributed by atoms with Crippen LogP contribution < -0.4 is 40.2 Å². The monoisotopic (exact) mass is 624 g/mol. The van der Waals surface area contributed by atoms with Crippen molar-refractivity contribution < 1.29 is 18.9 Å². The molecule has 4 rings (SSSR count). The highest BCUT2D eigenvalue weighted by atomic mass is 35.5. The summed E-state index contributed by atoms with van der Waals surface area (Å²) in [5.74, 6) is 3.73. The summed E-state index contributed by atoms with van der Waals surface area (Å²) >= 11 is 0. The highest BCUT2D eigenvalue weighted by Gasteiger charge is 2.37. The van der Waals surface area contributed by atoms with Gasteiger partial charge in [0.15, 0.2) is 0 Å². The van der Waals surface area contributed by atoms with Gasteiger partial charge in [-0.1, -0.05) is 86.6 Å². The molecule has 0 amide bonds. The Bertz CT molecular complexity index is 1210. The van der Waals surface area contributed by atoms with E-state index in [1.54, 1.807) is 28.4 Å². The van der Waals surface area contributed by atoms with E-state index in [9.17, 15) is 0 Å². The van der Waals surface area contributed by atoms with Crippen LogP contribution in [0, 0.1) is 5.41 Å². The average molecular weight is 625 g/mol. The zero-order chi connectivity index (χ0) is 29.2. The number of benzene rings is 4. The van der Waals surface area contributed by atoms with Crippen molar-refractivity contribution in [2.45, 2.75) is 26.7 Å². The molecule has 0 saturated heterocycles. The molecule has 0 aromatic heterocycles. The van der Waals surface area contributed by atoms with E-state index in [1.807, 2.05) is 24.3 Å². The fourth-order valence-electron chi connectivity index (χ4n) is 5.43. The molecule has 0 heterocycles. The number of hydrogen-bond acceptors (Lipinski definition) is 4. The second-order valence-electron chi connectivity index (χ2n) is 10.1. The summed E-state index contributed by atoms with van der Waals surface area (Å²) in [6, 6.07) is 33.9. The van der Waals surface area contributed by atoms with E-state index in [1.165, 1.54) is 21.2 Å². The lowest BCUT2D eigenvalue weighted by Crippen LogP contribution is -2.34. The average Bonchev–Trinajstić information content (AvgIpc) is 3.05. The Morgan fingerprint density at radius 1 is 0.452 bits per heavy atom. The van der Waals surface area contributed by atoms with Crippen molar-refractivity contribution in [2.24, 2.45) is 5.41 Å². The molecule has 224 valence electrons. The molecule has 7 heteroatoms. The van der Waals surface area contributed by atoms with Gasteiger partial charge in [-0.05, 0) is 70.7 Å². The van der Waals surface area contributed by atoms with Gasteiger partial charge in [0, 0.05) is 21.2 Å². The Balaban J connectivity index is 0.00000484. The van der Waals surface area contributed by atoms with Gasteiger partial charge in [-0.15, -0.1) is 12.4 Å². The third-order valence-electron chi connectivity index (χ3n) is 7.99. The minimum absolute atomic E-state index is 0. The third kappa shape index (κ3) is 7.41. The number of hydrogen-bond donors (Lipinski definition) is 0. The van der Waals surface area contributed by atoms with Gasteiger partial charge in [-0.3, -0.25) is 0 Å². The minimum Gasteiger partial charge on any atom is -0.496 e. The fraction of sp³-hybridized carbons (Fsp3) is 0.314. The molecule has 4 aromatic carbocycles. The second-order valence-corrected chi connectivity index (χ2v) is 14.3. The maximum atomic E-state index is 5.93. The normalized spacial score (nSPS) is 11.2. The van der Waals surface area contributed by atoms with E-state index in [4.69, 9.17) is 18.9 Å². The smallest absolute Gasteiger partial charge is 0.126 e. The number of methoxy groups -OCH3 is 4. The molecule has 0 aliphatic carbocycles. The molecule has 0 bridgehead atoms. The molecule has 0 unspecified atom stereocenters. The highest BCUT2D eigenvalue weighted by molar-refractivity contribution is 7.74. The molecule has 0 spiro atoms. The van der Waals surface area contributed by atoms with Crippen molar-refractivity contribution in [1.29, 1.82) is 0 Å². The Morgan fingerprint density at radius 2 is 0.690 bits per heavy atom. The van der Waals surface area contributed by atoms with Gasteiger partial charge in [0.25, 0.3) is 0 Å². The van der Waals surface area contributed by atoms with Crippen molar-refractivity contribution in [3.05, 3.63) is 97.1 Å². The molecular formula is C35H43ClO4P2. The van der Waals surface area contributed by atoms with Gasteiger partial charge in [0.2, 0.25) is 0 Å². The lowest BCUT2D eigenvalue weighted by Gasteiger charge is -2.40. The van der Waals surface area contributed by atoms with E-state index in [-0.39, 0.29) is 17.8 Å². The van der Waals surface area contributed by atoms with Crippen molar-refractivity contribution in [3.63, 3.8) is 0 Å². The Hall–Kier alpha value is -2.77. The predicted octanol–water partition coefficient (Wildman–Crippen LogP) is 7.51. The Morgan fingerprint density at radius 3 is 0.905 bits per heavy atom. The second kappa shape index (κ2) is 16.2. The fourth-order valence-corrected chi connectivity index (χ4v) is 12.1. The minimum atomic E-state index is -0.797. The third-order valence-corrected chi connectivity index (χ3v) is 13.8. The molecule has 0 fully saturated rings. The summed E-state index contributed by atoms with van der Waals surface area (Å²) in [5.41, 5.74) is 0.0425. The van der Waals surface area contributed by atoms with Crippen LogP contribution >= 0.6 is 28.3 Å². The summed E-state index contributed by atoms with van der Waals surface area (Å²) in [4.78, 5) is 0. The van der Waals surface area contributed by atoms with Crippen LogP contribution in [-0.2, 0) is 0 Å². The van der Waals surface area contributed by atoms with Gasteiger partial charge < -0.3 is 18.9 Å². The van der Waals surface area contributed by atoms with E-state index in [2.05, 4.69) is 86.6 Å². The zero-order valence-corrected chi connectivity index (χ0v) is 28.1. The van der Waals surface area contributed by atoms with Gasteiger partial charge >= 0.3 is 0 Å². The first-order valence-electron chi connectivity index (χ1n) is 14.1. The van der Waals surface area contributed by atoms with Crippen LogP contribution in [-0.4, -0.2) is 40.8 Å². The summed E-state index contributed by atoms with van der Waals surface area (Å²) in [5, 5.41) is 5.00. The molecule has 0 radical (unpaired) electrons. The first-order chi connectivity index (χ1) is 20.0. The van der Waals surface area contributed by atoms with Crippen LogP contribution in [0.2, 0.25) is 0 Å². The van der Waals surface area contributed by atoms with Crippen LogP contribution in [0.1, 0.15) is 26.7 Å². The maximum absolute atomic E-state index is 5.93. The van der Waals surface area contributed by atoms with Crippen molar-refractivity contribution >= 4 is 49.5 Å². The molecule has 0 N–H and O–H groups in total. The summed E-state index contributed by atoms with van der Waals surface area (Å²) < 4.78 is 23.7. The molecular weight excluding hydrogens is 582 g/mol. The van der Waals surface area contributed by atoms with E-state index in [0.717, 1.165) is 48.2 Å². The standard InChI is InChI=1S/C35H42O4P2.ClH/c1-7-35(8-2,25-40(31-21-13-9-17-27(31)36-3)32-22-14-10-18-28(32)37-4)26-41(33-23-15-11-19-29(33)38-5)34-24-16-12-20-30(34)39-6;/h9-24H,7-8,25-26H2,1-6H3;1H. The lowest BCUT2D eigenvalue weighted by molar-refractivity contribution is 0.352. The van der Waals surface area contributed by atoms with Crippen LogP contribution in [0.25, 0.3) is 0 Å². The predicted molar refractivity (Wildman–Crippen MR) is 184 cm³/mol. The molecule has 0 aliphatic heterocycles. The summed E-state index contributed by atoms with van der Waals surface area (Å²) in [7, 11) is 5.48. The SMILES string of the molecule is CCC(CC)(CP(c1ccccc1OC)c1ccccc1OC)CP(c1ccccc1OC)c1ccccc1OC.Cl. The van der Waals surface area contributed by atoms with Gasteiger partial charge in [0.05, 0.1) is 28.4 Å². The Labute approximate surface area is 260 Å². The first-order valence-corrected chi connectivity index (χ1v) is 17.2. The molecule has 0 aliphatic rings. The van der Waals surface area contributed by atoms with Gasteiger partial charge in [0.1, 0.15) is 23.0 Å². The lowest BCUT2D eigenvalue weighted by atomic mass is 9.87. The quantitative estimate of drug-likeness (QED) is 0.136. The largest absolute Gasteiger partial charge is 0.496 e. The van der Waals surface area contributed by atoms with Crippen LogP contribution in [0.5, 0.6) is 23.0 Å². The molecule has 4 aromatic rings. The zero-order valence-electron chi connectivity index (χ0n) is 25.5. The first kappa shape index (κ1) is 33.7. The molecule has 0 saturated carbocycles. The van der Waals surface area contributed by atoms with Crippen molar-refractivity contribution in [2.75, 3.05) is 40.8 Å².